The van der Waals surface area contributed by atoms with Crippen LogP contribution in [0, 0.1) is 0 Å². The summed E-state index contributed by atoms with van der Waals surface area (Å²) < 4.78 is 0. The van der Waals surface area contributed by atoms with Crippen molar-refractivity contribution in [2.45, 2.75) is 6.92 Å². The average Bonchev–Trinajstić information content (AvgIpc) is 2.15. The molecule has 68 valence electrons. The molecule has 1 aromatic carbocycles. The number of Topliss-reactive ketones (excluding diaryl/α,β-unsaturated/α-hetero) is 1. The summed E-state index contributed by atoms with van der Waals surface area (Å²) >= 11 is 0. The van der Waals surface area contributed by atoms with Gasteiger partial charge in [0.1, 0.15) is 0 Å². The van der Waals surface area contributed by atoms with Crippen LogP contribution in [0.4, 0.5) is 5.69 Å². The number of ketones is 1. The number of carbonyl (C=O) groups is 1. The zero-order valence-electron chi connectivity index (χ0n) is 7.61. The van der Waals surface area contributed by atoms with Crippen LogP contribution < -0.4 is 5.43 Å². The highest BCUT2D eigenvalue weighted by Crippen LogP contribution is 2.09. The lowest BCUT2D eigenvalue weighted by Crippen LogP contribution is -1.92. The lowest BCUT2D eigenvalue weighted by atomic mass is 10.1. The Bertz CT molecular complexity index is 316. The predicted octanol–water partition coefficient (Wildman–Crippen LogP) is 2.30. The number of hydrogen-bond donors (Lipinski definition) is 1. The largest absolute Gasteiger partial charge is 0.295 e. The molecule has 0 fully saturated rings. The molecule has 0 heterocycles. The van der Waals surface area contributed by atoms with E-state index in [0.717, 1.165) is 5.69 Å². The number of anilines is 1. The van der Waals surface area contributed by atoms with Crippen molar-refractivity contribution in [1.29, 1.82) is 0 Å². The Labute approximate surface area is 76.7 Å². The van der Waals surface area contributed by atoms with Crippen molar-refractivity contribution in [3.05, 3.63) is 29.8 Å². The van der Waals surface area contributed by atoms with Crippen LogP contribution in [0.5, 0.6) is 0 Å². The summed E-state index contributed by atoms with van der Waals surface area (Å²) in [5.41, 5.74) is 4.22. The average molecular weight is 177 g/mol. The van der Waals surface area contributed by atoms with Crippen LogP contribution in [-0.4, -0.2) is 12.8 Å². The molecule has 4 nitrogen and oxygen atoms in total. The van der Waals surface area contributed by atoms with Crippen molar-refractivity contribution in [2.24, 2.45) is 10.3 Å². The molecule has 0 aliphatic heterocycles. The van der Waals surface area contributed by atoms with Gasteiger partial charge in [0.2, 0.25) is 0 Å². The van der Waals surface area contributed by atoms with Gasteiger partial charge in [-0.15, -0.1) is 0 Å². The highest BCUT2D eigenvalue weighted by molar-refractivity contribution is 5.94. The molecule has 4 heteroatoms. The Morgan fingerprint density at radius 1 is 1.31 bits per heavy atom. The SMILES string of the molecule is CN=NNc1ccc(C(C)=O)cc1. The molecule has 0 aliphatic rings. The van der Waals surface area contributed by atoms with E-state index in [-0.39, 0.29) is 5.78 Å². The maximum absolute atomic E-state index is 10.9. The maximum Gasteiger partial charge on any atom is 0.159 e. The molecule has 1 N–H and O–H groups in total. The summed E-state index contributed by atoms with van der Waals surface area (Å²) in [5.74, 6) is 0.0590. The van der Waals surface area contributed by atoms with Crippen molar-refractivity contribution in [2.75, 3.05) is 12.5 Å². The molecule has 0 amide bonds. The van der Waals surface area contributed by atoms with Gasteiger partial charge >= 0.3 is 0 Å². The third-order valence-corrected chi connectivity index (χ3v) is 1.57. The van der Waals surface area contributed by atoms with Gasteiger partial charge in [0.15, 0.2) is 5.78 Å². The molecule has 1 rings (SSSR count). The van der Waals surface area contributed by atoms with E-state index in [2.05, 4.69) is 15.8 Å². The van der Waals surface area contributed by atoms with E-state index in [9.17, 15) is 4.79 Å². The smallest absolute Gasteiger partial charge is 0.159 e. The molecule has 0 saturated heterocycles. The quantitative estimate of drug-likeness (QED) is 0.437. The van der Waals surface area contributed by atoms with Crippen LogP contribution in [0.25, 0.3) is 0 Å². The molecule has 0 bridgehead atoms. The monoisotopic (exact) mass is 177 g/mol. The first-order valence-electron chi connectivity index (χ1n) is 3.90. The van der Waals surface area contributed by atoms with Gasteiger partial charge in [-0.25, -0.2) is 0 Å². The van der Waals surface area contributed by atoms with E-state index in [1.165, 1.54) is 6.92 Å². The number of benzene rings is 1. The second-order valence-corrected chi connectivity index (χ2v) is 2.55. The van der Waals surface area contributed by atoms with E-state index >= 15 is 0 Å². The van der Waals surface area contributed by atoms with Gasteiger partial charge < -0.3 is 0 Å². The van der Waals surface area contributed by atoms with Crippen molar-refractivity contribution in [1.82, 2.24) is 0 Å². The molecule has 0 radical (unpaired) electrons. The van der Waals surface area contributed by atoms with E-state index in [1.807, 2.05) is 0 Å². The van der Waals surface area contributed by atoms with Gasteiger partial charge in [-0.05, 0) is 31.2 Å². The fraction of sp³-hybridized carbons (Fsp3) is 0.222. The van der Waals surface area contributed by atoms with E-state index in [4.69, 9.17) is 0 Å². The van der Waals surface area contributed by atoms with E-state index in [1.54, 1.807) is 31.3 Å². The van der Waals surface area contributed by atoms with E-state index in [0.29, 0.717) is 5.56 Å². The summed E-state index contributed by atoms with van der Waals surface area (Å²) in [4.78, 5) is 10.9. The summed E-state index contributed by atoms with van der Waals surface area (Å²) in [6.07, 6.45) is 0. The Hall–Kier alpha value is -1.71. The molecule has 0 aliphatic carbocycles. The van der Waals surface area contributed by atoms with Crippen molar-refractivity contribution in [3.63, 3.8) is 0 Å². The minimum atomic E-state index is 0.0590. The molecule has 0 spiro atoms. The molecule has 0 aromatic heterocycles. The van der Waals surface area contributed by atoms with E-state index < -0.39 is 0 Å². The second-order valence-electron chi connectivity index (χ2n) is 2.55. The number of carbonyl (C=O) groups excluding carboxylic acids is 1. The van der Waals surface area contributed by atoms with Gasteiger partial charge in [0.25, 0.3) is 0 Å². The molecule has 0 saturated carbocycles. The Morgan fingerprint density at radius 2 is 1.92 bits per heavy atom. The molecular formula is C9H11N3O. The predicted molar refractivity (Wildman–Crippen MR) is 50.8 cm³/mol. The number of hydrogen-bond acceptors (Lipinski definition) is 3. The lowest BCUT2D eigenvalue weighted by Gasteiger charge is -1.99. The summed E-state index contributed by atoms with van der Waals surface area (Å²) in [6, 6.07) is 7.06. The molecule has 13 heavy (non-hydrogen) atoms. The zero-order chi connectivity index (χ0) is 9.68. The van der Waals surface area contributed by atoms with Crippen LogP contribution in [0.2, 0.25) is 0 Å². The van der Waals surface area contributed by atoms with Crippen LogP contribution in [0.15, 0.2) is 34.6 Å². The van der Waals surface area contributed by atoms with Crippen molar-refractivity contribution < 1.29 is 4.79 Å². The first-order valence-corrected chi connectivity index (χ1v) is 3.90. The number of rotatable bonds is 3. The maximum atomic E-state index is 10.9. The minimum Gasteiger partial charge on any atom is -0.295 e. The molecule has 0 unspecified atom stereocenters. The Morgan fingerprint density at radius 3 is 2.38 bits per heavy atom. The standard InChI is InChI=1S/C9H11N3O/c1-7(13)8-3-5-9(6-4-8)11-12-10-2/h3-6H,1-2H3,(H,10,11). The van der Waals surface area contributed by atoms with Crippen LogP contribution in [-0.2, 0) is 0 Å². The van der Waals surface area contributed by atoms with Gasteiger partial charge in [0.05, 0.1) is 12.7 Å². The normalized spacial score (nSPS) is 10.3. The van der Waals surface area contributed by atoms with Gasteiger partial charge in [-0.3, -0.25) is 10.2 Å². The lowest BCUT2D eigenvalue weighted by molar-refractivity contribution is 0.101. The zero-order valence-corrected chi connectivity index (χ0v) is 7.61. The second kappa shape index (κ2) is 4.35. The fourth-order valence-electron chi connectivity index (χ4n) is 0.887. The molecule has 1 aromatic rings. The van der Waals surface area contributed by atoms with Gasteiger partial charge in [-0.2, -0.15) is 5.11 Å². The highest BCUT2D eigenvalue weighted by atomic mass is 16.1. The van der Waals surface area contributed by atoms with Crippen molar-refractivity contribution >= 4 is 11.5 Å². The molecule has 0 atom stereocenters. The topological polar surface area (TPSA) is 53.8 Å². The Kier molecular flexibility index (Phi) is 3.14. The first kappa shape index (κ1) is 9.38. The first-order chi connectivity index (χ1) is 6.24. The van der Waals surface area contributed by atoms with Crippen LogP contribution in [0.3, 0.4) is 0 Å². The third kappa shape index (κ3) is 2.66. The third-order valence-electron chi connectivity index (χ3n) is 1.57. The molecular weight excluding hydrogens is 166 g/mol. The van der Waals surface area contributed by atoms with Crippen LogP contribution >= 0.6 is 0 Å². The van der Waals surface area contributed by atoms with Crippen molar-refractivity contribution in [3.8, 4) is 0 Å². The minimum absolute atomic E-state index is 0.0590. The number of nitrogens with one attached hydrogen (secondary N) is 1. The van der Waals surface area contributed by atoms with Crippen LogP contribution in [0.1, 0.15) is 17.3 Å². The fourth-order valence-corrected chi connectivity index (χ4v) is 0.887. The summed E-state index contributed by atoms with van der Waals surface area (Å²) in [5, 5.41) is 7.14. The summed E-state index contributed by atoms with van der Waals surface area (Å²) in [6.45, 7) is 1.54. The summed E-state index contributed by atoms with van der Waals surface area (Å²) in [7, 11) is 1.58. The highest BCUT2D eigenvalue weighted by Gasteiger charge is 1.97. The van der Waals surface area contributed by atoms with Gasteiger partial charge in [-0.1, -0.05) is 5.22 Å². The van der Waals surface area contributed by atoms with Gasteiger partial charge in [0, 0.05) is 5.56 Å². The number of nitrogens with zero attached hydrogens (tertiary/aromatic N) is 2. The Balaban J connectivity index is 2.75.